The number of fused-ring (bicyclic) bond motifs is 3. The normalized spacial score (nSPS) is 16.4. The summed E-state index contributed by atoms with van der Waals surface area (Å²) in [6.07, 6.45) is 1.75. The molecule has 0 saturated carbocycles. The number of ketones is 1. The summed E-state index contributed by atoms with van der Waals surface area (Å²) in [7, 11) is 1.34. The molecule has 1 N–H and O–H groups in total. The van der Waals surface area contributed by atoms with E-state index in [1.165, 1.54) is 7.11 Å². The van der Waals surface area contributed by atoms with Crippen molar-refractivity contribution in [3.8, 4) is 0 Å². The van der Waals surface area contributed by atoms with Gasteiger partial charge in [-0.05, 0) is 42.7 Å². The number of benzene rings is 2. The second-order valence-corrected chi connectivity index (χ2v) is 7.51. The van der Waals surface area contributed by atoms with Crippen LogP contribution in [0.25, 0.3) is 10.9 Å². The molecule has 27 heavy (non-hydrogen) atoms. The van der Waals surface area contributed by atoms with Crippen LogP contribution in [-0.4, -0.2) is 23.8 Å². The lowest BCUT2D eigenvalue weighted by Gasteiger charge is -2.23. The highest BCUT2D eigenvalue weighted by Crippen LogP contribution is 2.41. The van der Waals surface area contributed by atoms with Crippen molar-refractivity contribution in [3.05, 3.63) is 68.8 Å². The molecule has 1 atom stereocenters. The minimum absolute atomic E-state index is 0.0362. The van der Waals surface area contributed by atoms with Crippen LogP contribution in [-0.2, 0) is 11.2 Å². The van der Waals surface area contributed by atoms with Gasteiger partial charge >= 0.3 is 5.97 Å². The molecule has 1 aromatic heterocycles. The van der Waals surface area contributed by atoms with E-state index in [1.54, 1.807) is 12.1 Å². The Hall–Kier alpha value is -2.30. The van der Waals surface area contributed by atoms with Crippen molar-refractivity contribution in [1.29, 1.82) is 0 Å². The van der Waals surface area contributed by atoms with Gasteiger partial charge in [0.15, 0.2) is 5.78 Å². The van der Waals surface area contributed by atoms with Crippen LogP contribution in [0.1, 0.15) is 50.7 Å². The van der Waals surface area contributed by atoms with Gasteiger partial charge in [0, 0.05) is 44.5 Å². The third-order valence-corrected chi connectivity index (χ3v) is 5.89. The van der Waals surface area contributed by atoms with E-state index in [-0.39, 0.29) is 11.7 Å². The number of ether oxygens (including phenoxy) is 1. The third-order valence-electron chi connectivity index (χ3n) is 5.18. The highest BCUT2D eigenvalue weighted by Gasteiger charge is 2.32. The zero-order valence-electron chi connectivity index (χ0n) is 14.6. The maximum Gasteiger partial charge on any atom is 0.338 e. The summed E-state index contributed by atoms with van der Waals surface area (Å²) < 4.78 is 4.89. The van der Waals surface area contributed by atoms with Gasteiger partial charge in [0.05, 0.1) is 12.7 Å². The van der Waals surface area contributed by atoms with Crippen molar-refractivity contribution in [3.63, 3.8) is 0 Å². The van der Waals surface area contributed by atoms with E-state index in [2.05, 4.69) is 4.98 Å². The molecule has 4 rings (SSSR count). The summed E-state index contributed by atoms with van der Waals surface area (Å²) >= 11 is 12.7. The number of carbonyl (C=O) groups excluding carboxylic acids is 2. The predicted molar refractivity (Wildman–Crippen MR) is 106 cm³/mol. The Kier molecular flexibility index (Phi) is 4.70. The molecular formula is C21H17Cl2NO3. The SMILES string of the molecule is COC(=O)c1cccc2[nH]c3c(c12)C(=O)CCC3Cc1c(Cl)cccc1Cl. The number of methoxy groups -OCH3 is 1. The van der Waals surface area contributed by atoms with Gasteiger partial charge < -0.3 is 9.72 Å². The van der Waals surface area contributed by atoms with Gasteiger partial charge in [-0.1, -0.05) is 35.3 Å². The fourth-order valence-electron chi connectivity index (χ4n) is 3.90. The van der Waals surface area contributed by atoms with E-state index in [0.717, 1.165) is 16.8 Å². The molecule has 4 nitrogen and oxygen atoms in total. The molecule has 0 saturated heterocycles. The van der Waals surface area contributed by atoms with Crippen molar-refractivity contribution in [2.24, 2.45) is 0 Å². The first kappa shape index (κ1) is 18.1. The summed E-state index contributed by atoms with van der Waals surface area (Å²) in [4.78, 5) is 28.3. The Morgan fingerprint density at radius 3 is 2.59 bits per heavy atom. The van der Waals surface area contributed by atoms with Gasteiger partial charge in [-0.15, -0.1) is 0 Å². The topological polar surface area (TPSA) is 59.2 Å². The molecule has 1 aliphatic rings. The summed E-state index contributed by atoms with van der Waals surface area (Å²) in [6.45, 7) is 0. The number of Topliss-reactive ketones (excluding diaryl/α,β-unsaturated/α-hetero) is 1. The van der Waals surface area contributed by atoms with Crippen LogP contribution >= 0.6 is 23.2 Å². The smallest absolute Gasteiger partial charge is 0.338 e. The molecule has 0 bridgehead atoms. The van der Waals surface area contributed by atoms with Crippen LogP contribution in [0.3, 0.4) is 0 Å². The monoisotopic (exact) mass is 401 g/mol. The summed E-state index contributed by atoms with van der Waals surface area (Å²) in [5.74, 6) is -0.353. The Labute approximate surface area is 166 Å². The van der Waals surface area contributed by atoms with Crippen molar-refractivity contribution in [1.82, 2.24) is 4.98 Å². The highest BCUT2D eigenvalue weighted by molar-refractivity contribution is 6.36. The zero-order chi connectivity index (χ0) is 19.1. The lowest BCUT2D eigenvalue weighted by atomic mass is 9.82. The van der Waals surface area contributed by atoms with Crippen LogP contribution in [0, 0.1) is 0 Å². The first-order valence-electron chi connectivity index (χ1n) is 8.70. The fourth-order valence-corrected chi connectivity index (χ4v) is 4.45. The second-order valence-electron chi connectivity index (χ2n) is 6.70. The van der Waals surface area contributed by atoms with Gasteiger partial charge in [-0.2, -0.15) is 0 Å². The van der Waals surface area contributed by atoms with Crippen molar-refractivity contribution in [2.75, 3.05) is 7.11 Å². The van der Waals surface area contributed by atoms with Crippen LogP contribution in [0.4, 0.5) is 0 Å². The van der Waals surface area contributed by atoms with E-state index in [4.69, 9.17) is 27.9 Å². The second kappa shape index (κ2) is 7.02. The number of nitrogens with one attached hydrogen (secondary N) is 1. The number of esters is 1. The van der Waals surface area contributed by atoms with E-state index in [9.17, 15) is 9.59 Å². The number of rotatable bonds is 3. The van der Waals surface area contributed by atoms with Crippen LogP contribution in [0.2, 0.25) is 10.0 Å². The largest absolute Gasteiger partial charge is 0.465 e. The standard InChI is InChI=1S/C21H17Cl2NO3/c1-27-21(26)12-4-2-7-16-18(12)19-17(25)9-8-11(20(19)24-16)10-13-14(22)5-3-6-15(13)23/h2-7,11,24H,8-10H2,1H3. The number of hydrogen-bond donors (Lipinski definition) is 1. The van der Waals surface area contributed by atoms with Crippen LogP contribution in [0.5, 0.6) is 0 Å². The van der Waals surface area contributed by atoms with Crippen LogP contribution in [0.15, 0.2) is 36.4 Å². The third kappa shape index (κ3) is 3.03. The van der Waals surface area contributed by atoms with Gasteiger partial charge in [0.25, 0.3) is 0 Å². The average Bonchev–Trinajstić information content (AvgIpc) is 3.06. The van der Waals surface area contributed by atoms with E-state index >= 15 is 0 Å². The maximum atomic E-state index is 12.7. The molecule has 138 valence electrons. The van der Waals surface area contributed by atoms with Gasteiger partial charge in [0.2, 0.25) is 0 Å². The highest BCUT2D eigenvalue weighted by atomic mass is 35.5. The molecule has 3 aromatic rings. The lowest BCUT2D eigenvalue weighted by Crippen LogP contribution is -2.17. The molecule has 0 spiro atoms. The quantitative estimate of drug-likeness (QED) is 0.583. The fraction of sp³-hybridized carbons (Fsp3) is 0.238. The van der Waals surface area contributed by atoms with Crippen LogP contribution < -0.4 is 0 Å². The lowest BCUT2D eigenvalue weighted by molar-refractivity contribution is 0.0603. The summed E-state index contributed by atoms with van der Waals surface area (Å²) in [5.41, 5.74) is 3.46. The molecule has 2 aromatic carbocycles. The number of H-pyrrole nitrogens is 1. The summed E-state index contributed by atoms with van der Waals surface area (Å²) in [6, 6.07) is 10.8. The molecule has 1 heterocycles. The molecule has 0 radical (unpaired) electrons. The van der Waals surface area contributed by atoms with Gasteiger partial charge in [-0.3, -0.25) is 4.79 Å². The van der Waals surface area contributed by atoms with Crippen molar-refractivity contribution >= 4 is 45.9 Å². The summed E-state index contributed by atoms with van der Waals surface area (Å²) in [5, 5.41) is 1.87. The minimum Gasteiger partial charge on any atom is -0.465 e. The molecule has 0 fully saturated rings. The number of aromatic amines is 1. The maximum absolute atomic E-state index is 12.7. The van der Waals surface area contributed by atoms with E-state index in [1.807, 2.05) is 24.3 Å². The number of aromatic nitrogens is 1. The zero-order valence-corrected chi connectivity index (χ0v) is 16.2. The first-order valence-corrected chi connectivity index (χ1v) is 9.45. The number of halogens is 2. The number of hydrogen-bond acceptors (Lipinski definition) is 3. The number of carbonyl (C=O) groups is 2. The van der Waals surface area contributed by atoms with Crippen molar-refractivity contribution < 1.29 is 14.3 Å². The van der Waals surface area contributed by atoms with E-state index in [0.29, 0.717) is 45.8 Å². The molecule has 0 amide bonds. The minimum atomic E-state index is -0.452. The Balaban J connectivity index is 1.86. The van der Waals surface area contributed by atoms with E-state index < -0.39 is 5.97 Å². The molecule has 0 aliphatic heterocycles. The first-order chi connectivity index (χ1) is 13.0. The Bertz CT molecular complexity index is 1050. The molecule has 1 aliphatic carbocycles. The Morgan fingerprint density at radius 1 is 1.19 bits per heavy atom. The molecular weight excluding hydrogens is 385 g/mol. The van der Waals surface area contributed by atoms with Gasteiger partial charge in [-0.25, -0.2) is 4.79 Å². The average molecular weight is 402 g/mol. The Morgan fingerprint density at radius 2 is 1.89 bits per heavy atom. The molecule has 6 heteroatoms. The van der Waals surface area contributed by atoms with Crippen molar-refractivity contribution in [2.45, 2.75) is 25.2 Å². The van der Waals surface area contributed by atoms with Gasteiger partial charge in [0.1, 0.15) is 0 Å². The predicted octanol–water partition coefficient (Wildman–Crippen LogP) is 5.56. The molecule has 1 unspecified atom stereocenters.